The first-order valence-electron chi connectivity index (χ1n) is 8.31. The van der Waals surface area contributed by atoms with Crippen molar-refractivity contribution in [3.05, 3.63) is 29.3 Å². The van der Waals surface area contributed by atoms with Gasteiger partial charge in [0.2, 0.25) is 11.8 Å². The molecule has 1 fully saturated rings. The Labute approximate surface area is 138 Å². The summed E-state index contributed by atoms with van der Waals surface area (Å²) in [4.78, 5) is 25.5. The maximum absolute atomic E-state index is 11.8. The predicted molar refractivity (Wildman–Crippen MR) is 89.5 cm³/mol. The number of ether oxygens (including phenoxy) is 1. The van der Waals surface area contributed by atoms with Crippen LogP contribution >= 0.6 is 0 Å². The molecule has 2 amide bonds. The third kappa shape index (κ3) is 5.27. The van der Waals surface area contributed by atoms with Gasteiger partial charge in [-0.2, -0.15) is 0 Å². The highest BCUT2D eigenvalue weighted by Gasteiger charge is 2.17. The molecule has 0 saturated carbocycles. The van der Waals surface area contributed by atoms with Crippen molar-refractivity contribution >= 4 is 11.8 Å². The minimum absolute atomic E-state index is 0.0791. The summed E-state index contributed by atoms with van der Waals surface area (Å²) in [6.45, 7) is 6.50. The van der Waals surface area contributed by atoms with Crippen LogP contribution in [0, 0.1) is 13.8 Å². The average Bonchev–Trinajstić information content (AvgIpc) is 3.06. The van der Waals surface area contributed by atoms with Crippen LogP contribution in [0.15, 0.2) is 18.2 Å². The van der Waals surface area contributed by atoms with E-state index in [1.807, 2.05) is 36.9 Å². The molecule has 0 unspecified atom stereocenters. The van der Waals surface area contributed by atoms with Crippen LogP contribution in [-0.2, 0) is 9.59 Å². The number of hydrogen-bond donors (Lipinski definition) is 1. The molecular weight excluding hydrogens is 292 g/mol. The number of carbonyl (C=O) groups is 2. The molecule has 5 heteroatoms. The number of nitrogens with zero attached hydrogens (tertiary/aromatic N) is 1. The van der Waals surface area contributed by atoms with E-state index in [1.165, 1.54) is 5.56 Å². The number of likely N-dealkylation sites (tertiary alicyclic amines) is 1. The average molecular weight is 318 g/mol. The van der Waals surface area contributed by atoms with Gasteiger partial charge in [0.15, 0.2) is 0 Å². The zero-order valence-electron chi connectivity index (χ0n) is 14.1. The van der Waals surface area contributed by atoms with Gasteiger partial charge in [0.05, 0.1) is 13.0 Å². The third-order valence-electron chi connectivity index (χ3n) is 4.26. The fraction of sp³-hybridized carbons (Fsp3) is 0.556. The lowest BCUT2D eigenvalue weighted by molar-refractivity contribution is -0.130. The van der Waals surface area contributed by atoms with Crippen LogP contribution in [0.25, 0.3) is 0 Å². The molecule has 2 rings (SSSR count). The number of rotatable bonds is 7. The second-order valence-electron chi connectivity index (χ2n) is 5.98. The highest BCUT2D eigenvalue weighted by molar-refractivity contribution is 5.79. The minimum Gasteiger partial charge on any atom is -0.493 e. The summed E-state index contributed by atoms with van der Waals surface area (Å²) in [5, 5.41) is 2.78. The van der Waals surface area contributed by atoms with Crippen LogP contribution in [0.3, 0.4) is 0 Å². The summed E-state index contributed by atoms with van der Waals surface area (Å²) >= 11 is 0. The lowest BCUT2D eigenvalue weighted by atomic mass is 10.1. The van der Waals surface area contributed by atoms with Crippen LogP contribution in [0.4, 0.5) is 0 Å². The van der Waals surface area contributed by atoms with Crippen LogP contribution in [0.5, 0.6) is 5.75 Å². The van der Waals surface area contributed by atoms with Crippen LogP contribution < -0.4 is 10.1 Å². The van der Waals surface area contributed by atoms with Crippen LogP contribution in [0.2, 0.25) is 0 Å². The third-order valence-corrected chi connectivity index (χ3v) is 4.26. The number of carbonyl (C=O) groups excluding carboxylic acids is 2. The fourth-order valence-electron chi connectivity index (χ4n) is 2.66. The second-order valence-corrected chi connectivity index (χ2v) is 5.98. The molecule has 0 bridgehead atoms. The fourth-order valence-corrected chi connectivity index (χ4v) is 2.66. The Morgan fingerprint density at radius 1 is 1.17 bits per heavy atom. The number of benzene rings is 1. The Hall–Kier alpha value is -2.04. The Bertz CT molecular complexity index is 551. The van der Waals surface area contributed by atoms with Gasteiger partial charge in [-0.3, -0.25) is 9.59 Å². The van der Waals surface area contributed by atoms with Crippen molar-refractivity contribution in [2.75, 3.05) is 26.2 Å². The molecule has 5 nitrogen and oxygen atoms in total. The summed E-state index contributed by atoms with van der Waals surface area (Å²) in [5.41, 5.74) is 2.27. The largest absolute Gasteiger partial charge is 0.493 e. The first kappa shape index (κ1) is 17.3. The highest BCUT2D eigenvalue weighted by atomic mass is 16.5. The second kappa shape index (κ2) is 8.56. The van der Waals surface area contributed by atoms with Gasteiger partial charge in [-0.25, -0.2) is 0 Å². The Morgan fingerprint density at radius 2 is 1.91 bits per heavy atom. The molecule has 23 heavy (non-hydrogen) atoms. The van der Waals surface area contributed by atoms with Crippen molar-refractivity contribution in [1.29, 1.82) is 0 Å². The summed E-state index contributed by atoms with van der Waals surface area (Å²) < 4.78 is 5.66. The number of nitrogens with one attached hydrogen (secondary N) is 1. The lowest BCUT2D eigenvalue weighted by Gasteiger charge is -2.15. The minimum atomic E-state index is -0.0791. The van der Waals surface area contributed by atoms with Gasteiger partial charge in [0.1, 0.15) is 5.75 Å². The maximum atomic E-state index is 11.8. The van der Waals surface area contributed by atoms with Crippen molar-refractivity contribution in [1.82, 2.24) is 10.2 Å². The first-order valence-corrected chi connectivity index (χ1v) is 8.31. The number of aryl methyl sites for hydroxylation is 1. The normalized spacial score (nSPS) is 13.9. The quantitative estimate of drug-likeness (QED) is 0.838. The molecular formula is C18H26N2O3. The summed E-state index contributed by atoms with van der Waals surface area (Å²) in [7, 11) is 0. The van der Waals surface area contributed by atoms with Gasteiger partial charge >= 0.3 is 0 Å². The Morgan fingerprint density at radius 3 is 2.65 bits per heavy atom. The lowest BCUT2D eigenvalue weighted by Crippen LogP contribution is -2.33. The van der Waals surface area contributed by atoms with Gasteiger partial charge in [0.25, 0.3) is 0 Å². The summed E-state index contributed by atoms with van der Waals surface area (Å²) in [6.07, 6.45) is 2.86. The van der Waals surface area contributed by atoms with E-state index in [-0.39, 0.29) is 11.8 Å². The Balaban J connectivity index is 1.61. The van der Waals surface area contributed by atoms with E-state index in [4.69, 9.17) is 4.74 Å². The van der Waals surface area contributed by atoms with Crippen molar-refractivity contribution in [3.63, 3.8) is 0 Å². The van der Waals surface area contributed by atoms with E-state index in [0.717, 1.165) is 37.2 Å². The molecule has 1 aliphatic heterocycles. The molecule has 0 radical (unpaired) electrons. The van der Waals surface area contributed by atoms with Gasteiger partial charge in [-0.1, -0.05) is 12.1 Å². The first-order chi connectivity index (χ1) is 11.1. The van der Waals surface area contributed by atoms with Crippen LogP contribution in [0.1, 0.15) is 36.8 Å². The van der Waals surface area contributed by atoms with Gasteiger partial charge < -0.3 is 15.0 Å². The molecule has 0 atom stereocenters. The van der Waals surface area contributed by atoms with Gasteiger partial charge in [-0.15, -0.1) is 0 Å². The van der Waals surface area contributed by atoms with Crippen molar-refractivity contribution in [3.8, 4) is 5.75 Å². The predicted octanol–water partition coefficient (Wildman–Crippen LogP) is 2.20. The highest BCUT2D eigenvalue weighted by Crippen LogP contribution is 2.20. The van der Waals surface area contributed by atoms with Crippen LogP contribution in [-0.4, -0.2) is 43.0 Å². The summed E-state index contributed by atoms with van der Waals surface area (Å²) in [6, 6.07) is 5.89. The molecule has 1 aliphatic rings. The Kier molecular flexibility index (Phi) is 6.44. The SMILES string of the molecule is Cc1cccc(OCCC(=O)NCCC(=O)N2CCCC2)c1C. The zero-order chi connectivity index (χ0) is 16.7. The summed E-state index contributed by atoms with van der Waals surface area (Å²) in [5.74, 6) is 0.876. The van der Waals surface area contributed by atoms with E-state index < -0.39 is 0 Å². The smallest absolute Gasteiger partial charge is 0.224 e. The number of amides is 2. The molecule has 126 valence electrons. The van der Waals surface area contributed by atoms with Crippen molar-refractivity contribution in [2.45, 2.75) is 39.5 Å². The van der Waals surface area contributed by atoms with E-state index in [9.17, 15) is 9.59 Å². The topological polar surface area (TPSA) is 58.6 Å². The van der Waals surface area contributed by atoms with Crippen molar-refractivity contribution < 1.29 is 14.3 Å². The number of hydrogen-bond acceptors (Lipinski definition) is 3. The molecule has 1 aromatic rings. The standard InChI is InChI=1S/C18H26N2O3/c1-14-6-5-7-16(15(14)2)23-13-9-17(21)19-10-8-18(22)20-11-3-4-12-20/h5-7H,3-4,8-13H2,1-2H3,(H,19,21). The molecule has 0 aromatic heterocycles. The molecule has 1 saturated heterocycles. The van der Waals surface area contributed by atoms with Gasteiger partial charge in [-0.05, 0) is 43.9 Å². The van der Waals surface area contributed by atoms with Gasteiger partial charge in [0, 0.05) is 26.1 Å². The maximum Gasteiger partial charge on any atom is 0.224 e. The zero-order valence-corrected chi connectivity index (χ0v) is 14.1. The molecule has 1 N–H and O–H groups in total. The molecule has 0 spiro atoms. The van der Waals surface area contributed by atoms with E-state index in [1.54, 1.807) is 0 Å². The van der Waals surface area contributed by atoms with E-state index in [2.05, 4.69) is 5.32 Å². The molecule has 1 aromatic carbocycles. The van der Waals surface area contributed by atoms with E-state index >= 15 is 0 Å². The van der Waals surface area contributed by atoms with E-state index in [0.29, 0.717) is 26.0 Å². The molecule has 0 aliphatic carbocycles. The molecule has 1 heterocycles. The van der Waals surface area contributed by atoms with Crippen molar-refractivity contribution in [2.24, 2.45) is 0 Å². The monoisotopic (exact) mass is 318 g/mol.